The van der Waals surface area contributed by atoms with Gasteiger partial charge >= 0.3 is 6.03 Å². The summed E-state index contributed by atoms with van der Waals surface area (Å²) in [6.45, 7) is 4.46. The highest BCUT2D eigenvalue weighted by molar-refractivity contribution is 6.01. The number of halogens is 1. The minimum absolute atomic E-state index is 0.0594. The molecule has 4 rings (SSSR count). The predicted molar refractivity (Wildman–Crippen MR) is 86.3 cm³/mol. The number of hydrogen-bond donors (Lipinski definition) is 1. The third-order valence-corrected chi connectivity index (χ3v) is 4.73. The highest BCUT2D eigenvalue weighted by Gasteiger charge is 2.47. The second-order valence-electron chi connectivity index (χ2n) is 6.36. The molecule has 0 bridgehead atoms. The molecular formula is C18H18FN3O2. The van der Waals surface area contributed by atoms with Crippen LogP contribution in [0.15, 0.2) is 48.2 Å². The molecule has 0 spiro atoms. The minimum Gasteiger partial charge on any atom is -0.330 e. The monoisotopic (exact) mass is 327 g/mol. The lowest BCUT2D eigenvalue weighted by Crippen LogP contribution is -2.47. The first-order valence-corrected chi connectivity index (χ1v) is 8.08. The fourth-order valence-electron chi connectivity index (χ4n) is 3.45. The van der Waals surface area contributed by atoms with Gasteiger partial charge in [-0.2, -0.15) is 0 Å². The minimum atomic E-state index is -0.611. The molecule has 3 amide bonds. The topological polar surface area (TPSA) is 52.7 Å². The maximum absolute atomic E-state index is 13.6. The van der Waals surface area contributed by atoms with Gasteiger partial charge in [0.15, 0.2) is 0 Å². The zero-order valence-corrected chi connectivity index (χ0v) is 13.2. The molecule has 3 aliphatic rings. The molecule has 1 atom stereocenters. The van der Waals surface area contributed by atoms with Crippen LogP contribution in [0.5, 0.6) is 0 Å². The van der Waals surface area contributed by atoms with Crippen molar-refractivity contribution in [3.05, 3.63) is 59.6 Å². The van der Waals surface area contributed by atoms with E-state index in [9.17, 15) is 14.0 Å². The first-order chi connectivity index (χ1) is 11.6. The third kappa shape index (κ3) is 2.29. The lowest BCUT2D eigenvalue weighted by Gasteiger charge is -2.33. The van der Waals surface area contributed by atoms with Crippen molar-refractivity contribution >= 4 is 11.9 Å². The molecule has 0 saturated heterocycles. The molecule has 1 saturated carbocycles. The molecule has 1 aromatic carbocycles. The summed E-state index contributed by atoms with van der Waals surface area (Å²) in [4.78, 5) is 28.8. The van der Waals surface area contributed by atoms with Crippen molar-refractivity contribution in [3.63, 3.8) is 0 Å². The fraction of sp³-hybridized carbons (Fsp3) is 0.333. The van der Waals surface area contributed by atoms with E-state index in [1.807, 2.05) is 4.90 Å². The Morgan fingerprint density at radius 3 is 2.79 bits per heavy atom. The van der Waals surface area contributed by atoms with E-state index >= 15 is 0 Å². The lowest BCUT2D eigenvalue weighted by molar-refractivity contribution is -0.126. The van der Waals surface area contributed by atoms with Gasteiger partial charge in [-0.15, -0.1) is 6.58 Å². The lowest BCUT2D eigenvalue weighted by atomic mass is 9.95. The number of nitrogens with one attached hydrogen (secondary N) is 1. The number of carbonyl (C=O) groups is 2. The van der Waals surface area contributed by atoms with Crippen molar-refractivity contribution in [1.82, 2.24) is 15.1 Å². The molecule has 5 nitrogen and oxygen atoms in total. The van der Waals surface area contributed by atoms with Crippen molar-refractivity contribution in [2.45, 2.75) is 24.9 Å². The molecule has 1 unspecified atom stereocenters. The van der Waals surface area contributed by atoms with Crippen LogP contribution in [0.25, 0.3) is 0 Å². The van der Waals surface area contributed by atoms with Crippen LogP contribution in [0.4, 0.5) is 9.18 Å². The van der Waals surface area contributed by atoms with Gasteiger partial charge in [0.05, 0.1) is 23.9 Å². The normalized spacial score (nSPS) is 23.5. The summed E-state index contributed by atoms with van der Waals surface area (Å²) in [7, 11) is 0. The number of rotatable bonds is 4. The van der Waals surface area contributed by atoms with Gasteiger partial charge in [-0.25, -0.2) is 9.18 Å². The van der Waals surface area contributed by atoms with E-state index < -0.39 is 6.04 Å². The molecule has 6 heteroatoms. The van der Waals surface area contributed by atoms with Gasteiger partial charge < -0.3 is 10.2 Å². The molecule has 1 N–H and O–H groups in total. The summed E-state index contributed by atoms with van der Waals surface area (Å²) in [6.07, 6.45) is 3.64. The van der Waals surface area contributed by atoms with Crippen LogP contribution in [-0.2, 0) is 4.79 Å². The Balaban J connectivity index is 1.78. The van der Waals surface area contributed by atoms with Crippen LogP contribution in [0.1, 0.15) is 24.4 Å². The SMILES string of the molecule is C=CCN1C(=O)NC(c2cccc(F)c2)C2=C1CN(C1CC1)C2=O. The highest BCUT2D eigenvalue weighted by atomic mass is 19.1. The van der Waals surface area contributed by atoms with Crippen LogP contribution in [0, 0.1) is 5.82 Å². The quantitative estimate of drug-likeness (QED) is 0.863. The Morgan fingerprint density at radius 2 is 2.12 bits per heavy atom. The van der Waals surface area contributed by atoms with E-state index in [2.05, 4.69) is 11.9 Å². The number of amides is 3. The summed E-state index contributed by atoms with van der Waals surface area (Å²) in [5, 5.41) is 2.84. The number of urea groups is 1. The van der Waals surface area contributed by atoms with Crippen LogP contribution in [0.3, 0.4) is 0 Å². The summed E-state index contributed by atoms with van der Waals surface area (Å²) in [6, 6.07) is 5.40. The van der Waals surface area contributed by atoms with Gasteiger partial charge in [-0.1, -0.05) is 18.2 Å². The van der Waals surface area contributed by atoms with Gasteiger partial charge in [0, 0.05) is 12.6 Å². The van der Waals surface area contributed by atoms with E-state index in [0.29, 0.717) is 29.9 Å². The maximum Gasteiger partial charge on any atom is 0.322 e. The average molecular weight is 327 g/mol. The zero-order chi connectivity index (χ0) is 16.8. The molecular weight excluding hydrogens is 309 g/mol. The van der Waals surface area contributed by atoms with Crippen LogP contribution in [-0.4, -0.2) is 40.9 Å². The Bertz CT molecular complexity index is 769. The summed E-state index contributed by atoms with van der Waals surface area (Å²) in [5.41, 5.74) is 1.85. The van der Waals surface area contributed by atoms with Crippen molar-refractivity contribution in [2.75, 3.05) is 13.1 Å². The van der Waals surface area contributed by atoms with Gasteiger partial charge in [0.1, 0.15) is 5.82 Å². The Morgan fingerprint density at radius 1 is 1.33 bits per heavy atom. The second-order valence-corrected chi connectivity index (χ2v) is 6.36. The molecule has 24 heavy (non-hydrogen) atoms. The summed E-state index contributed by atoms with van der Waals surface area (Å²) < 4.78 is 13.6. The summed E-state index contributed by atoms with van der Waals surface area (Å²) >= 11 is 0. The van der Waals surface area contributed by atoms with Crippen LogP contribution < -0.4 is 5.32 Å². The fourth-order valence-corrected chi connectivity index (χ4v) is 3.45. The first-order valence-electron chi connectivity index (χ1n) is 8.08. The van der Waals surface area contributed by atoms with Crippen molar-refractivity contribution in [2.24, 2.45) is 0 Å². The smallest absolute Gasteiger partial charge is 0.322 e. The van der Waals surface area contributed by atoms with Gasteiger partial charge in [0.25, 0.3) is 5.91 Å². The number of hydrogen-bond acceptors (Lipinski definition) is 2. The van der Waals surface area contributed by atoms with E-state index in [-0.39, 0.29) is 23.8 Å². The Hall–Kier alpha value is -2.63. The van der Waals surface area contributed by atoms with E-state index in [1.165, 1.54) is 12.1 Å². The second kappa shape index (κ2) is 5.47. The number of nitrogens with zero attached hydrogens (tertiary/aromatic N) is 2. The van der Waals surface area contributed by atoms with Gasteiger partial charge in [-0.3, -0.25) is 9.69 Å². The number of benzene rings is 1. The summed E-state index contributed by atoms with van der Waals surface area (Å²) in [5.74, 6) is -0.447. The van der Waals surface area contributed by atoms with Crippen molar-refractivity contribution in [1.29, 1.82) is 0 Å². The number of carbonyl (C=O) groups excluding carboxylic acids is 2. The average Bonchev–Trinajstić information content (AvgIpc) is 3.34. The molecule has 1 aliphatic carbocycles. The van der Waals surface area contributed by atoms with E-state index in [4.69, 9.17) is 0 Å². The first kappa shape index (κ1) is 14.9. The largest absolute Gasteiger partial charge is 0.330 e. The van der Waals surface area contributed by atoms with E-state index in [1.54, 1.807) is 23.1 Å². The Labute approximate surface area is 139 Å². The standard InChI is InChI=1S/C18H18FN3O2/c1-2-8-21-14-10-22(13-6-7-13)17(23)15(14)16(20-18(21)24)11-4-3-5-12(19)9-11/h2-5,9,13,16H,1,6-8,10H2,(H,20,24). The molecule has 2 heterocycles. The Kier molecular flexibility index (Phi) is 3.40. The highest BCUT2D eigenvalue weighted by Crippen LogP contribution is 2.40. The van der Waals surface area contributed by atoms with Crippen molar-refractivity contribution < 1.29 is 14.0 Å². The third-order valence-electron chi connectivity index (χ3n) is 4.73. The zero-order valence-electron chi connectivity index (χ0n) is 13.2. The molecule has 1 fully saturated rings. The maximum atomic E-state index is 13.6. The molecule has 0 aromatic heterocycles. The predicted octanol–water partition coefficient (Wildman–Crippen LogP) is 2.34. The van der Waals surface area contributed by atoms with Gasteiger partial charge in [-0.05, 0) is 30.5 Å². The van der Waals surface area contributed by atoms with Gasteiger partial charge in [0.2, 0.25) is 0 Å². The molecule has 1 aromatic rings. The van der Waals surface area contributed by atoms with Crippen LogP contribution in [0.2, 0.25) is 0 Å². The van der Waals surface area contributed by atoms with E-state index in [0.717, 1.165) is 12.8 Å². The van der Waals surface area contributed by atoms with Crippen molar-refractivity contribution in [3.8, 4) is 0 Å². The molecule has 124 valence electrons. The molecule has 2 aliphatic heterocycles. The van der Waals surface area contributed by atoms with Crippen LogP contribution >= 0.6 is 0 Å². The molecule has 0 radical (unpaired) electrons.